The Balaban J connectivity index is 2.08. The molecule has 0 amide bonds. The van der Waals surface area contributed by atoms with E-state index in [1.54, 1.807) is 0 Å². The lowest BCUT2D eigenvalue weighted by Gasteiger charge is -2.20. The van der Waals surface area contributed by atoms with Crippen molar-refractivity contribution in [2.24, 2.45) is 0 Å². The SMILES string of the molecule is CCNC(COc1ccccc1CC)c1ccc(C)cc1. The molecule has 0 fully saturated rings. The van der Waals surface area contributed by atoms with Crippen LogP contribution in [0.3, 0.4) is 0 Å². The first-order chi connectivity index (χ1) is 10.2. The van der Waals surface area contributed by atoms with Crippen molar-refractivity contribution >= 4 is 0 Å². The fraction of sp³-hybridized carbons (Fsp3) is 0.368. The van der Waals surface area contributed by atoms with Gasteiger partial charge in [0.1, 0.15) is 12.4 Å². The molecule has 2 aromatic rings. The number of nitrogens with one attached hydrogen (secondary N) is 1. The summed E-state index contributed by atoms with van der Waals surface area (Å²) in [4.78, 5) is 0. The van der Waals surface area contributed by atoms with E-state index in [1.165, 1.54) is 16.7 Å². The minimum absolute atomic E-state index is 0.223. The van der Waals surface area contributed by atoms with E-state index in [9.17, 15) is 0 Å². The normalized spacial score (nSPS) is 12.1. The fourth-order valence-electron chi connectivity index (χ4n) is 2.43. The number of aryl methyl sites for hydroxylation is 2. The van der Waals surface area contributed by atoms with Crippen molar-refractivity contribution in [3.63, 3.8) is 0 Å². The molecule has 2 heteroatoms. The van der Waals surface area contributed by atoms with Gasteiger partial charge in [-0.05, 0) is 37.1 Å². The molecular formula is C19H25NO. The molecule has 0 aliphatic carbocycles. The number of hydrogen-bond donors (Lipinski definition) is 1. The summed E-state index contributed by atoms with van der Waals surface area (Å²) in [7, 11) is 0. The first-order valence-electron chi connectivity index (χ1n) is 7.75. The smallest absolute Gasteiger partial charge is 0.122 e. The predicted molar refractivity (Wildman–Crippen MR) is 88.9 cm³/mol. The van der Waals surface area contributed by atoms with E-state index in [0.29, 0.717) is 6.61 Å². The minimum Gasteiger partial charge on any atom is -0.491 e. The third-order valence-corrected chi connectivity index (χ3v) is 3.69. The van der Waals surface area contributed by atoms with E-state index in [0.717, 1.165) is 18.7 Å². The third-order valence-electron chi connectivity index (χ3n) is 3.69. The van der Waals surface area contributed by atoms with Gasteiger partial charge < -0.3 is 10.1 Å². The highest BCUT2D eigenvalue weighted by molar-refractivity contribution is 5.33. The molecule has 2 rings (SSSR count). The predicted octanol–water partition coefficient (Wildman–Crippen LogP) is 4.29. The molecule has 2 nitrogen and oxygen atoms in total. The van der Waals surface area contributed by atoms with Crippen molar-refractivity contribution in [3.05, 3.63) is 65.2 Å². The lowest BCUT2D eigenvalue weighted by Crippen LogP contribution is -2.26. The van der Waals surface area contributed by atoms with Crippen LogP contribution in [0, 0.1) is 6.92 Å². The van der Waals surface area contributed by atoms with E-state index >= 15 is 0 Å². The van der Waals surface area contributed by atoms with E-state index in [2.05, 4.69) is 68.6 Å². The van der Waals surface area contributed by atoms with Crippen molar-refractivity contribution in [1.29, 1.82) is 0 Å². The van der Waals surface area contributed by atoms with Crippen LogP contribution in [0.2, 0.25) is 0 Å². The van der Waals surface area contributed by atoms with Crippen LogP contribution in [0.4, 0.5) is 0 Å². The van der Waals surface area contributed by atoms with Gasteiger partial charge in [0.2, 0.25) is 0 Å². The molecule has 1 unspecified atom stereocenters. The van der Waals surface area contributed by atoms with Crippen LogP contribution in [0.15, 0.2) is 48.5 Å². The van der Waals surface area contributed by atoms with E-state index in [-0.39, 0.29) is 6.04 Å². The van der Waals surface area contributed by atoms with Gasteiger partial charge >= 0.3 is 0 Å². The average molecular weight is 283 g/mol. The standard InChI is InChI=1S/C19H25NO/c1-4-16-8-6-7-9-19(16)21-14-18(20-5-2)17-12-10-15(3)11-13-17/h6-13,18,20H,4-5,14H2,1-3H3. The molecule has 0 aliphatic heterocycles. The Kier molecular flexibility index (Phi) is 5.82. The summed E-state index contributed by atoms with van der Waals surface area (Å²) in [5, 5.41) is 3.50. The number of ether oxygens (including phenoxy) is 1. The van der Waals surface area contributed by atoms with Gasteiger partial charge in [0.15, 0.2) is 0 Å². The Bertz CT molecular complexity index is 548. The average Bonchev–Trinajstić information content (AvgIpc) is 2.52. The van der Waals surface area contributed by atoms with Gasteiger partial charge in [0.05, 0.1) is 6.04 Å². The van der Waals surface area contributed by atoms with Crippen LogP contribution in [0.25, 0.3) is 0 Å². The van der Waals surface area contributed by atoms with Gasteiger partial charge in [-0.15, -0.1) is 0 Å². The Hall–Kier alpha value is -1.80. The highest BCUT2D eigenvalue weighted by atomic mass is 16.5. The van der Waals surface area contributed by atoms with Crippen LogP contribution >= 0.6 is 0 Å². The Morgan fingerprint density at radius 1 is 1.00 bits per heavy atom. The molecule has 2 aromatic carbocycles. The van der Waals surface area contributed by atoms with Crippen molar-refractivity contribution in [2.75, 3.05) is 13.2 Å². The lowest BCUT2D eigenvalue weighted by molar-refractivity contribution is 0.266. The quantitative estimate of drug-likeness (QED) is 0.818. The number of likely N-dealkylation sites (N-methyl/N-ethyl adjacent to an activating group) is 1. The second-order valence-corrected chi connectivity index (χ2v) is 5.29. The molecule has 0 aliphatic rings. The Morgan fingerprint density at radius 2 is 1.71 bits per heavy atom. The summed E-state index contributed by atoms with van der Waals surface area (Å²) in [6, 6.07) is 17.2. The van der Waals surface area contributed by atoms with E-state index < -0.39 is 0 Å². The Labute approximate surface area is 128 Å². The monoisotopic (exact) mass is 283 g/mol. The van der Waals surface area contributed by atoms with Crippen LogP contribution < -0.4 is 10.1 Å². The summed E-state index contributed by atoms with van der Waals surface area (Å²) in [6.07, 6.45) is 0.993. The van der Waals surface area contributed by atoms with Crippen molar-refractivity contribution < 1.29 is 4.74 Å². The van der Waals surface area contributed by atoms with Gasteiger partial charge in [-0.3, -0.25) is 0 Å². The number of para-hydroxylation sites is 1. The maximum atomic E-state index is 6.06. The molecule has 0 saturated heterocycles. The maximum absolute atomic E-state index is 6.06. The summed E-state index contributed by atoms with van der Waals surface area (Å²) in [6.45, 7) is 7.97. The zero-order valence-electron chi connectivity index (χ0n) is 13.2. The summed E-state index contributed by atoms with van der Waals surface area (Å²) >= 11 is 0. The molecule has 1 atom stereocenters. The molecule has 0 spiro atoms. The van der Waals surface area contributed by atoms with E-state index in [1.807, 2.05) is 6.07 Å². The molecule has 0 bridgehead atoms. The van der Waals surface area contributed by atoms with Crippen LogP contribution in [-0.2, 0) is 6.42 Å². The largest absolute Gasteiger partial charge is 0.491 e. The first-order valence-corrected chi connectivity index (χ1v) is 7.75. The zero-order chi connectivity index (χ0) is 15.1. The molecule has 0 heterocycles. The van der Waals surface area contributed by atoms with E-state index in [4.69, 9.17) is 4.74 Å². The first kappa shape index (κ1) is 15.6. The maximum Gasteiger partial charge on any atom is 0.122 e. The zero-order valence-corrected chi connectivity index (χ0v) is 13.2. The van der Waals surface area contributed by atoms with Crippen LogP contribution in [0.1, 0.15) is 36.6 Å². The number of rotatable bonds is 7. The van der Waals surface area contributed by atoms with Crippen molar-refractivity contribution in [1.82, 2.24) is 5.32 Å². The summed E-state index contributed by atoms with van der Waals surface area (Å²) in [5.74, 6) is 0.995. The molecule has 0 radical (unpaired) electrons. The topological polar surface area (TPSA) is 21.3 Å². The van der Waals surface area contributed by atoms with Gasteiger partial charge in [-0.2, -0.15) is 0 Å². The summed E-state index contributed by atoms with van der Waals surface area (Å²) < 4.78 is 6.06. The fourth-order valence-corrected chi connectivity index (χ4v) is 2.43. The Morgan fingerprint density at radius 3 is 2.38 bits per heavy atom. The third kappa shape index (κ3) is 4.33. The summed E-state index contributed by atoms with van der Waals surface area (Å²) in [5.41, 5.74) is 3.82. The lowest BCUT2D eigenvalue weighted by atomic mass is 10.1. The molecular weight excluding hydrogens is 258 g/mol. The van der Waals surface area contributed by atoms with Gasteiger partial charge in [-0.1, -0.05) is 61.9 Å². The van der Waals surface area contributed by atoms with Gasteiger partial charge in [-0.25, -0.2) is 0 Å². The number of hydrogen-bond acceptors (Lipinski definition) is 2. The molecule has 112 valence electrons. The van der Waals surface area contributed by atoms with Crippen molar-refractivity contribution in [3.8, 4) is 5.75 Å². The molecule has 1 N–H and O–H groups in total. The van der Waals surface area contributed by atoms with Gasteiger partial charge in [0, 0.05) is 0 Å². The van der Waals surface area contributed by atoms with Crippen LogP contribution in [-0.4, -0.2) is 13.2 Å². The van der Waals surface area contributed by atoms with Gasteiger partial charge in [0.25, 0.3) is 0 Å². The highest BCUT2D eigenvalue weighted by Gasteiger charge is 2.12. The van der Waals surface area contributed by atoms with Crippen LogP contribution in [0.5, 0.6) is 5.75 Å². The molecule has 0 saturated carbocycles. The number of benzene rings is 2. The molecule has 0 aromatic heterocycles. The van der Waals surface area contributed by atoms with Crippen molar-refractivity contribution in [2.45, 2.75) is 33.2 Å². The second-order valence-electron chi connectivity index (χ2n) is 5.29. The highest BCUT2D eigenvalue weighted by Crippen LogP contribution is 2.21. The minimum atomic E-state index is 0.223. The molecule has 21 heavy (non-hydrogen) atoms. The second kappa shape index (κ2) is 7.84.